The fraction of sp³-hybridized carbons (Fsp3) is 1.00. The minimum Gasteiger partial charge on any atom is -0.771 e. The van der Waals surface area contributed by atoms with Gasteiger partial charge in [-0.05, 0) is 17.5 Å². The van der Waals surface area contributed by atoms with Crippen LogP contribution in [0.4, 0.5) is 0 Å². The number of aliphatic hydroxyl groups is 1. The summed E-state index contributed by atoms with van der Waals surface area (Å²) in [6.07, 6.45) is 2.01. The molecule has 0 aliphatic heterocycles. The van der Waals surface area contributed by atoms with Crippen LogP contribution in [0.2, 0.25) is 0 Å². The molecule has 0 bridgehead atoms. The fourth-order valence-electron chi connectivity index (χ4n) is 0.209. The molecule has 0 amide bonds. The van der Waals surface area contributed by atoms with Gasteiger partial charge in [0, 0.05) is 0 Å². The van der Waals surface area contributed by atoms with E-state index in [9.17, 15) is 0 Å². The molecule has 0 radical (unpaired) electrons. The van der Waals surface area contributed by atoms with Crippen LogP contribution in [-0.2, 0) is 16.0 Å². The van der Waals surface area contributed by atoms with Crippen LogP contribution in [0.5, 0.6) is 0 Å². The van der Waals surface area contributed by atoms with Gasteiger partial charge in [-0.25, -0.2) is 4.89 Å². The first-order valence-corrected chi connectivity index (χ1v) is 4.36. The summed E-state index contributed by atoms with van der Waals surface area (Å²) in [6, 6.07) is 0. The Labute approximate surface area is 96.6 Å². The second kappa shape index (κ2) is 17.9. The van der Waals surface area contributed by atoms with E-state index < -0.39 is 17.0 Å². The van der Waals surface area contributed by atoms with E-state index in [1.165, 1.54) is 0 Å². The molecule has 2 N–H and O–H groups in total. The van der Waals surface area contributed by atoms with E-state index in [2.05, 4.69) is 4.89 Å². The number of unbranched alkanes of at least 4 members (excludes halogenated alkanes) is 1. The average Bonchev–Trinajstić information content (AvgIpc) is 2.02. The van der Waals surface area contributed by atoms with Gasteiger partial charge in [0.25, 0.3) is 0 Å². The molecule has 0 aromatic heterocycles. The van der Waals surface area contributed by atoms with Gasteiger partial charge in [0.15, 0.2) is 0 Å². The molecule has 0 aromatic carbocycles. The Balaban J connectivity index is -0.000000126. The smallest absolute Gasteiger partial charge is 0.771 e. The second-order valence-corrected chi connectivity index (χ2v) is 2.49. The Morgan fingerprint density at radius 1 is 1.58 bits per heavy atom. The van der Waals surface area contributed by atoms with Crippen molar-refractivity contribution >= 4 is 11.1 Å². The van der Waals surface area contributed by atoms with Crippen LogP contribution in [0, 0.1) is 0 Å². The zero-order valence-electron chi connectivity index (χ0n) is 7.36. The molecule has 7 heteroatoms. The first-order chi connectivity index (χ1) is 5.18. The molecule has 1 atom stereocenters. The molecule has 12 heavy (non-hydrogen) atoms. The van der Waals surface area contributed by atoms with Gasteiger partial charge in [-0.3, -0.25) is 9.47 Å². The summed E-state index contributed by atoms with van der Waals surface area (Å²) in [5, 5.41) is 15.2. The van der Waals surface area contributed by atoms with Gasteiger partial charge in [-0.15, -0.1) is 0 Å². The molecule has 0 saturated heterocycles. The predicted octanol–water partition coefficient (Wildman–Crippen LogP) is -2.90. The van der Waals surface area contributed by atoms with Gasteiger partial charge in [-0.1, -0.05) is 13.3 Å². The minimum atomic E-state index is -2.27. The van der Waals surface area contributed by atoms with E-state index in [-0.39, 0.29) is 29.6 Å². The molecular weight excluding hydrogens is 195 g/mol. The monoisotopic (exact) mass is 208 g/mol. The number of rotatable bonds is 4. The minimum absolute atomic E-state index is 0. The van der Waals surface area contributed by atoms with Crippen molar-refractivity contribution in [3.8, 4) is 0 Å². The molecule has 0 aromatic rings. The second-order valence-electron chi connectivity index (χ2n) is 1.62. The number of hydrogen-bond acceptors (Lipinski definition) is 5. The molecule has 0 rings (SSSR count). The van der Waals surface area contributed by atoms with Gasteiger partial charge >= 0.3 is 29.6 Å². The van der Waals surface area contributed by atoms with E-state index in [1.54, 1.807) is 0 Å². The fourth-order valence-corrected chi connectivity index (χ4v) is 0.209. The molecular formula is C5H13NaO5S. The van der Waals surface area contributed by atoms with Crippen LogP contribution < -0.4 is 29.6 Å². The van der Waals surface area contributed by atoms with E-state index in [4.69, 9.17) is 19.1 Å². The van der Waals surface area contributed by atoms with Gasteiger partial charge in [0.1, 0.15) is 5.94 Å². The summed E-state index contributed by atoms with van der Waals surface area (Å²) in [6.45, 7) is 2.51. The van der Waals surface area contributed by atoms with E-state index >= 15 is 0 Å². The zero-order valence-corrected chi connectivity index (χ0v) is 10.2. The molecule has 0 heterocycles. The Morgan fingerprint density at radius 2 is 2.00 bits per heavy atom. The average molecular weight is 208 g/mol. The summed E-state index contributed by atoms with van der Waals surface area (Å²) in [5.41, 5.74) is 0. The Bertz CT molecular complexity index is 87.9. The van der Waals surface area contributed by atoms with Crippen LogP contribution in [-0.4, -0.2) is 31.7 Å². The van der Waals surface area contributed by atoms with Gasteiger partial charge in [0.2, 0.25) is 0 Å². The molecule has 0 aliphatic rings. The van der Waals surface area contributed by atoms with Crippen molar-refractivity contribution in [3.05, 3.63) is 0 Å². The third-order valence-electron chi connectivity index (χ3n) is 0.695. The Kier molecular flexibility index (Phi) is 27.9. The quantitative estimate of drug-likeness (QED) is 0.170. The van der Waals surface area contributed by atoms with Crippen molar-refractivity contribution in [2.75, 3.05) is 12.5 Å². The molecule has 0 fully saturated rings. The molecule has 0 spiro atoms. The zero-order chi connectivity index (χ0) is 9.11. The van der Waals surface area contributed by atoms with E-state index in [0.29, 0.717) is 6.61 Å². The van der Waals surface area contributed by atoms with Crippen LogP contribution in [0.3, 0.4) is 0 Å². The van der Waals surface area contributed by atoms with Crippen LogP contribution >= 0.6 is 0 Å². The van der Waals surface area contributed by atoms with Crippen molar-refractivity contribution in [2.45, 2.75) is 19.8 Å². The molecule has 5 nitrogen and oxygen atoms in total. The summed E-state index contributed by atoms with van der Waals surface area (Å²) in [4.78, 5) is 3.78. The SMILES string of the molecule is CCCCOO.O=S([O-])CO.[Na+]. The molecule has 1 unspecified atom stereocenters. The molecule has 0 saturated carbocycles. The maximum atomic E-state index is 9.12. The largest absolute Gasteiger partial charge is 1.00 e. The summed E-state index contributed by atoms with van der Waals surface area (Å²) < 4.78 is 18.2. The van der Waals surface area contributed by atoms with E-state index in [1.807, 2.05) is 6.92 Å². The predicted molar refractivity (Wildman–Crippen MR) is 39.5 cm³/mol. The van der Waals surface area contributed by atoms with Gasteiger partial charge < -0.3 is 9.66 Å². The van der Waals surface area contributed by atoms with E-state index in [0.717, 1.165) is 12.8 Å². The first kappa shape index (κ1) is 18.7. The standard InChI is InChI=1S/C4H10O2.CH4O3S.Na/c1-2-3-4-6-5;2-1-5(3)4;/h5H,2-4H2,1H3;2H,1H2,(H,3,4);/q;;+1/p-1. The maximum Gasteiger partial charge on any atom is 1.00 e. The van der Waals surface area contributed by atoms with Crippen molar-refractivity contribution in [1.29, 1.82) is 0 Å². The van der Waals surface area contributed by atoms with Crippen LogP contribution in [0.25, 0.3) is 0 Å². The van der Waals surface area contributed by atoms with Crippen LogP contribution in [0.1, 0.15) is 19.8 Å². The third-order valence-corrected chi connectivity index (χ3v) is 0.905. The number of aliphatic hydroxyl groups excluding tert-OH is 1. The third kappa shape index (κ3) is 30.6. The topological polar surface area (TPSA) is 89.8 Å². The summed E-state index contributed by atoms with van der Waals surface area (Å²) >= 11 is -2.27. The van der Waals surface area contributed by atoms with Crippen molar-refractivity contribution in [2.24, 2.45) is 0 Å². The summed E-state index contributed by atoms with van der Waals surface area (Å²) in [7, 11) is 0. The van der Waals surface area contributed by atoms with Crippen LogP contribution in [0.15, 0.2) is 0 Å². The van der Waals surface area contributed by atoms with Gasteiger partial charge in [-0.2, -0.15) is 0 Å². The normalized spacial score (nSPS) is 10.7. The number of hydrogen-bond donors (Lipinski definition) is 2. The Morgan fingerprint density at radius 3 is 2.08 bits per heavy atom. The van der Waals surface area contributed by atoms with Crippen molar-refractivity contribution in [3.63, 3.8) is 0 Å². The first-order valence-electron chi connectivity index (χ1n) is 3.12. The van der Waals surface area contributed by atoms with Gasteiger partial charge in [0.05, 0.1) is 6.61 Å². The Hall–Kier alpha value is 0.990. The molecule has 70 valence electrons. The summed E-state index contributed by atoms with van der Waals surface area (Å²) in [5.74, 6) is -0.778. The van der Waals surface area contributed by atoms with Crippen molar-refractivity contribution < 1.29 is 53.6 Å². The van der Waals surface area contributed by atoms with Crippen molar-refractivity contribution in [1.82, 2.24) is 0 Å². The molecule has 0 aliphatic carbocycles. The maximum absolute atomic E-state index is 9.12.